The minimum atomic E-state index is -0.391. The van der Waals surface area contributed by atoms with E-state index in [1.54, 1.807) is 4.90 Å². The third-order valence-corrected chi connectivity index (χ3v) is 2.96. The van der Waals surface area contributed by atoms with Crippen molar-refractivity contribution < 1.29 is 9.59 Å². The molecule has 90 valence electrons. The minimum Gasteiger partial charge on any atom is -0.345 e. The number of amides is 2. The molecular formula is C13H16N2O2. The Morgan fingerprint density at radius 2 is 2.18 bits per heavy atom. The minimum absolute atomic E-state index is 0.0537. The van der Waals surface area contributed by atoms with Crippen LogP contribution in [0.1, 0.15) is 18.9 Å². The second-order valence-electron chi connectivity index (χ2n) is 4.24. The van der Waals surface area contributed by atoms with E-state index < -0.39 is 6.04 Å². The maximum atomic E-state index is 11.9. The number of aryl methyl sites for hydroxylation is 1. The van der Waals surface area contributed by atoms with E-state index in [-0.39, 0.29) is 18.4 Å². The molecule has 1 atom stereocenters. The molecule has 1 heterocycles. The maximum absolute atomic E-state index is 11.9. The fourth-order valence-electron chi connectivity index (χ4n) is 2.13. The highest BCUT2D eigenvalue weighted by Gasteiger charge is 2.33. The SMILES string of the molecule is CCC1C(=O)NCC(=O)N1c1cccc(C)c1. The summed E-state index contributed by atoms with van der Waals surface area (Å²) in [6.45, 7) is 3.97. The molecule has 4 heteroatoms. The van der Waals surface area contributed by atoms with Gasteiger partial charge in [0.1, 0.15) is 6.04 Å². The van der Waals surface area contributed by atoms with Crippen molar-refractivity contribution in [1.29, 1.82) is 0 Å². The predicted octanol–water partition coefficient (Wildman–Crippen LogP) is 1.24. The van der Waals surface area contributed by atoms with Gasteiger partial charge in [0, 0.05) is 5.69 Å². The molecule has 0 aromatic heterocycles. The molecule has 0 radical (unpaired) electrons. The molecule has 0 bridgehead atoms. The summed E-state index contributed by atoms with van der Waals surface area (Å²) in [6, 6.07) is 7.28. The van der Waals surface area contributed by atoms with Gasteiger partial charge in [0.05, 0.1) is 6.54 Å². The Bertz CT molecular complexity index is 456. The molecule has 4 nitrogen and oxygen atoms in total. The Balaban J connectivity index is 2.39. The van der Waals surface area contributed by atoms with Gasteiger partial charge in [0.25, 0.3) is 0 Å². The number of nitrogens with zero attached hydrogens (tertiary/aromatic N) is 1. The van der Waals surface area contributed by atoms with E-state index in [2.05, 4.69) is 5.32 Å². The molecule has 0 saturated carbocycles. The lowest BCUT2D eigenvalue weighted by Crippen LogP contribution is -2.58. The van der Waals surface area contributed by atoms with Crippen molar-refractivity contribution in [1.82, 2.24) is 5.32 Å². The molecule has 1 unspecified atom stereocenters. The van der Waals surface area contributed by atoms with Crippen LogP contribution in [0, 0.1) is 6.92 Å². The van der Waals surface area contributed by atoms with Crippen LogP contribution in [0.25, 0.3) is 0 Å². The second kappa shape index (κ2) is 4.57. The van der Waals surface area contributed by atoms with E-state index in [0.29, 0.717) is 6.42 Å². The Morgan fingerprint density at radius 1 is 1.41 bits per heavy atom. The Kier molecular flexibility index (Phi) is 3.13. The molecule has 1 saturated heterocycles. The summed E-state index contributed by atoms with van der Waals surface area (Å²) < 4.78 is 0. The van der Waals surface area contributed by atoms with Crippen LogP contribution in [0.4, 0.5) is 5.69 Å². The highest BCUT2D eigenvalue weighted by molar-refractivity contribution is 6.06. The van der Waals surface area contributed by atoms with Gasteiger partial charge in [-0.2, -0.15) is 0 Å². The first-order valence-corrected chi connectivity index (χ1v) is 5.80. The van der Waals surface area contributed by atoms with Crippen LogP contribution in [-0.4, -0.2) is 24.4 Å². The first-order chi connectivity index (χ1) is 8.13. The topological polar surface area (TPSA) is 49.4 Å². The number of rotatable bonds is 2. The number of piperazine rings is 1. The molecule has 2 rings (SSSR count). The summed E-state index contributed by atoms with van der Waals surface area (Å²) in [5, 5.41) is 2.62. The molecule has 1 aliphatic rings. The monoisotopic (exact) mass is 232 g/mol. The lowest BCUT2D eigenvalue weighted by molar-refractivity contribution is -0.131. The first-order valence-electron chi connectivity index (χ1n) is 5.80. The van der Waals surface area contributed by atoms with E-state index in [1.165, 1.54) is 0 Å². The summed E-state index contributed by atoms with van der Waals surface area (Å²) in [6.07, 6.45) is 0.617. The zero-order valence-corrected chi connectivity index (χ0v) is 10.1. The van der Waals surface area contributed by atoms with E-state index in [1.807, 2.05) is 38.1 Å². The summed E-state index contributed by atoms with van der Waals surface area (Å²) in [4.78, 5) is 25.3. The van der Waals surface area contributed by atoms with Crippen LogP contribution in [0.2, 0.25) is 0 Å². The van der Waals surface area contributed by atoms with Gasteiger partial charge >= 0.3 is 0 Å². The van der Waals surface area contributed by atoms with Gasteiger partial charge in [-0.05, 0) is 31.0 Å². The molecule has 0 aliphatic carbocycles. The van der Waals surface area contributed by atoms with Crippen LogP contribution < -0.4 is 10.2 Å². The van der Waals surface area contributed by atoms with Crippen molar-refractivity contribution in [2.75, 3.05) is 11.4 Å². The van der Waals surface area contributed by atoms with Crippen molar-refractivity contribution in [2.24, 2.45) is 0 Å². The van der Waals surface area contributed by atoms with E-state index in [4.69, 9.17) is 0 Å². The summed E-state index contributed by atoms with van der Waals surface area (Å²) in [5.74, 6) is -0.129. The molecule has 1 N–H and O–H groups in total. The first kappa shape index (κ1) is 11.6. The average molecular weight is 232 g/mol. The van der Waals surface area contributed by atoms with Crippen molar-refractivity contribution >= 4 is 17.5 Å². The number of hydrogen-bond acceptors (Lipinski definition) is 2. The Labute approximate surface area is 101 Å². The van der Waals surface area contributed by atoms with Crippen LogP contribution >= 0.6 is 0 Å². The lowest BCUT2D eigenvalue weighted by Gasteiger charge is -2.34. The highest BCUT2D eigenvalue weighted by atomic mass is 16.2. The molecule has 1 aliphatic heterocycles. The Morgan fingerprint density at radius 3 is 2.82 bits per heavy atom. The zero-order valence-electron chi connectivity index (χ0n) is 10.1. The largest absolute Gasteiger partial charge is 0.345 e. The summed E-state index contributed by atoms with van der Waals surface area (Å²) in [7, 11) is 0. The van der Waals surface area contributed by atoms with Gasteiger partial charge in [-0.25, -0.2) is 0 Å². The molecule has 2 amide bonds. The third-order valence-electron chi connectivity index (χ3n) is 2.96. The molecule has 0 spiro atoms. The predicted molar refractivity (Wildman–Crippen MR) is 65.8 cm³/mol. The van der Waals surface area contributed by atoms with E-state index in [0.717, 1.165) is 11.3 Å². The van der Waals surface area contributed by atoms with Gasteiger partial charge < -0.3 is 5.32 Å². The molecule has 1 aromatic carbocycles. The quantitative estimate of drug-likeness (QED) is 0.834. The number of hydrogen-bond donors (Lipinski definition) is 1. The van der Waals surface area contributed by atoms with Crippen molar-refractivity contribution in [3.8, 4) is 0 Å². The van der Waals surface area contributed by atoms with Gasteiger partial charge in [0.15, 0.2) is 0 Å². The second-order valence-corrected chi connectivity index (χ2v) is 4.24. The van der Waals surface area contributed by atoms with E-state index in [9.17, 15) is 9.59 Å². The van der Waals surface area contributed by atoms with Crippen molar-refractivity contribution in [3.05, 3.63) is 29.8 Å². The number of benzene rings is 1. The maximum Gasteiger partial charge on any atom is 0.247 e. The number of carbonyl (C=O) groups is 2. The van der Waals surface area contributed by atoms with Crippen molar-refractivity contribution in [2.45, 2.75) is 26.3 Å². The van der Waals surface area contributed by atoms with Crippen LogP contribution in [-0.2, 0) is 9.59 Å². The number of anilines is 1. The number of nitrogens with one attached hydrogen (secondary N) is 1. The van der Waals surface area contributed by atoms with E-state index >= 15 is 0 Å². The molecular weight excluding hydrogens is 216 g/mol. The van der Waals surface area contributed by atoms with Crippen LogP contribution in [0.5, 0.6) is 0 Å². The fourth-order valence-corrected chi connectivity index (χ4v) is 2.13. The summed E-state index contributed by atoms with van der Waals surface area (Å²) in [5.41, 5.74) is 1.88. The molecule has 17 heavy (non-hydrogen) atoms. The molecule has 1 aromatic rings. The fraction of sp³-hybridized carbons (Fsp3) is 0.385. The van der Waals surface area contributed by atoms with Gasteiger partial charge in [-0.15, -0.1) is 0 Å². The standard InChI is InChI=1S/C13H16N2O2/c1-3-11-13(17)14-8-12(16)15(11)10-6-4-5-9(2)7-10/h4-7,11H,3,8H2,1-2H3,(H,14,17). The van der Waals surface area contributed by atoms with Crippen LogP contribution in [0.3, 0.4) is 0 Å². The molecule has 1 fully saturated rings. The van der Waals surface area contributed by atoms with Gasteiger partial charge in [0.2, 0.25) is 11.8 Å². The van der Waals surface area contributed by atoms with Gasteiger partial charge in [-0.1, -0.05) is 19.1 Å². The lowest BCUT2D eigenvalue weighted by atomic mass is 10.1. The number of carbonyl (C=O) groups excluding carboxylic acids is 2. The summed E-state index contributed by atoms with van der Waals surface area (Å²) >= 11 is 0. The highest BCUT2D eigenvalue weighted by Crippen LogP contribution is 2.22. The third kappa shape index (κ3) is 2.16. The van der Waals surface area contributed by atoms with Gasteiger partial charge in [-0.3, -0.25) is 14.5 Å². The normalized spacial score (nSPS) is 20.4. The zero-order chi connectivity index (χ0) is 12.4. The smallest absolute Gasteiger partial charge is 0.247 e. The Hall–Kier alpha value is -1.84. The average Bonchev–Trinajstić information content (AvgIpc) is 2.31. The van der Waals surface area contributed by atoms with Crippen molar-refractivity contribution in [3.63, 3.8) is 0 Å². The van der Waals surface area contributed by atoms with Crippen LogP contribution in [0.15, 0.2) is 24.3 Å².